The summed E-state index contributed by atoms with van der Waals surface area (Å²) < 4.78 is 0. The Kier molecular flexibility index (Phi) is 2.87. The van der Waals surface area contributed by atoms with E-state index in [1.54, 1.807) is 0 Å². The molecule has 1 unspecified atom stereocenters. The number of fused-ring (bicyclic) bond motifs is 1. The van der Waals surface area contributed by atoms with Gasteiger partial charge in [0.1, 0.15) is 0 Å². The van der Waals surface area contributed by atoms with Gasteiger partial charge in [-0.05, 0) is 17.5 Å². The molecule has 0 bridgehead atoms. The van der Waals surface area contributed by atoms with Gasteiger partial charge in [0.05, 0.1) is 5.92 Å². The van der Waals surface area contributed by atoms with E-state index in [1.807, 2.05) is 24.3 Å². The third-order valence-corrected chi connectivity index (χ3v) is 2.56. The Morgan fingerprint density at radius 3 is 2.88 bits per heavy atom. The maximum Gasteiger partial charge on any atom is 0.251 e. The Morgan fingerprint density at radius 1 is 1.44 bits per heavy atom. The van der Waals surface area contributed by atoms with E-state index in [9.17, 15) is 9.59 Å². The molecule has 1 aliphatic rings. The van der Waals surface area contributed by atoms with E-state index >= 15 is 0 Å². The number of hydroxylamine groups is 1. The lowest BCUT2D eigenvalue weighted by Crippen LogP contribution is -2.37. The molecule has 0 aliphatic heterocycles. The van der Waals surface area contributed by atoms with Gasteiger partial charge < -0.3 is 5.73 Å². The van der Waals surface area contributed by atoms with Crippen LogP contribution in [0.5, 0.6) is 0 Å². The van der Waals surface area contributed by atoms with E-state index in [0.717, 1.165) is 5.56 Å². The number of nitrogens with one attached hydrogen (secondary N) is 1. The van der Waals surface area contributed by atoms with Gasteiger partial charge in [-0.15, -0.1) is 0 Å². The molecular weight excluding hydrogens is 208 g/mol. The molecule has 3 N–H and O–H groups in total. The van der Waals surface area contributed by atoms with Crippen molar-refractivity contribution in [3.05, 3.63) is 35.4 Å². The molecule has 0 fully saturated rings. The van der Waals surface area contributed by atoms with E-state index in [2.05, 4.69) is 10.3 Å². The van der Waals surface area contributed by atoms with Crippen LogP contribution in [0.2, 0.25) is 0 Å². The minimum Gasteiger partial charge on any atom is -0.368 e. The van der Waals surface area contributed by atoms with Gasteiger partial charge in [0.2, 0.25) is 5.91 Å². The highest BCUT2D eigenvalue weighted by atomic mass is 16.7. The van der Waals surface area contributed by atoms with Gasteiger partial charge in [-0.1, -0.05) is 24.3 Å². The number of primary amides is 1. The molecule has 16 heavy (non-hydrogen) atoms. The van der Waals surface area contributed by atoms with E-state index in [1.165, 1.54) is 5.56 Å². The number of hydrogen-bond donors (Lipinski definition) is 2. The van der Waals surface area contributed by atoms with Gasteiger partial charge in [0.25, 0.3) is 5.91 Å². The van der Waals surface area contributed by atoms with Crippen LogP contribution in [0.4, 0.5) is 0 Å². The Hall–Kier alpha value is -1.88. The fourth-order valence-electron chi connectivity index (χ4n) is 1.74. The molecule has 0 saturated carbocycles. The fourth-order valence-corrected chi connectivity index (χ4v) is 1.74. The molecule has 5 nitrogen and oxygen atoms in total. The Balaban J connectivity index is 1.87. The van der Waals surface area contributed by atoms with Gasteiger partial charge in [-0.3, -0.25) is 14.4 Å². The third-order valence-electron chi connectivity index (χ3n) is 2.56. The number of benzene rings is 1. The summed E-state index contributed by atoms with van der Waals surface area (Å²) in [6, 6.07) is 7.74. The molecule has 0 radical (unpaired) electrons. The average Bonchev–Trinajstić information content (AvgIpc) is 2.19. The van der Waals surface area contributed by atoms with E-state index in [0.29, 0.717) is 6.42 Å². The van der Waals surface area contributed by atoms with E-state index in [4.69, 9.17) is 5.73 Å². The highest BCUT2D eigenvalue weighted by molar-refractivity contribution is 5.86. The number of carbonyl (C=O) groups is 2. The number of nitrogens with two attached hydrogens (primary N) is 1. The van der Waals surface area contributed by atoms with Crippen molar-refractivity contribution in [2.45, 2.75) is 12.3 Å². The second-order valence-electron chi connectivity index (χ2n) is 3.68. The largest absolute Gasteiger partial charge is 0.368 e. The maximum absolute atomic E-state index is 11.6. The minimum absolute atomic E-state index is 0.177. The normalized spacial score (nSPS) is 17.1. The molecule has 0 aromatic heterocycles. The second-order valence-corrected chi connectivity index (χ2v) is 3.68. The molecule has 84 valence electrons. The first-order valence-electron chi connectivity index (χ1n) is 4.96. The summed E-state index contributed by atoms with van der Waals surface area (Å²) in [5, 5.41) is 0. The SMILES string of the molecule is NC(=O)CONC(=O)C1Cc2ccccc21. The van der Waals surface area contributed by atoms with E-state index < -0.39 is 5.91 Å². The van der Waals surface area contributed by atoms with Crippen LogP contribution in [0.15, 0.2) is 24.3 Å². The maximum atomic E-state index is 11.6. The molecular formula is C11H12N2O3. The predicted molar refractivity (Wildman–Crippen MR) is 56.2 cm³/mol. The molecule has 0 saturated heterocycles. The van der Waals surface area contributed by atoms with Crippen LogP contribution >= 0.6 is 0 Å². The van der Waals surface area contributed by atoms with Gasteiger partial charge in [-0.2, -0.15) is 0 Å². The zero-order chi connectivity index (χ0) is 11.5. The quantitative estimate of drug-likeness (QED) is 0.693. The number of amides is 2. The zero-order valence-electron chi connectivity index (χ0n) is 8.60. The van der Waals surface area contributed by atoms with Crippen molar-refractivity contribution in [2.24, 2.45) is 5.73 Å². The van der Waals surface area contributed by atoms with Crippen molar-refractivity contribution in [1.82, 2.24) is 5.48 Å². The first-order valence-corrected chi connectivity index (χ1v) is 4.96. The summed E-state index contributed by atoms with van der Waals surface area (Å²) >= 11 is 0. The topological polar surface area (TPSA) is 81.4 Å². The van der Waals surface area contributed by atoms with Crippen LogP contribution in [0, 0.1) is 0 Å². The Morgan fingerprint density at radius 2 is 2.19 bits per heavy atom. The van der Waals surface area contributed by atoms with Crippen LogP contribution in [0.3, 0.4) is 0 Å². The first kappa shape index (κ1) is 10.6. The Bertz CT molecular complexity index is 431. The summed E-state index contributed by atoms with van der Waals surface area (Å²) in [4.78, 5) is 26.6. The van der Waals surface area contributed by atoms with Crippen LogP contribution in [-0.4, -0.2) is 18.4 Å². The van der Waals surface area contributed by atoms with Gasteiger partial charge in [0, 0.05) is 0 Å². The van der Waals surface area contributed by atoms with Crippen molar-refractivity contribution < 1.29 is 14.4 Å². The monoisotopic (exact) mass is 220 g/mol. The fraction of sp³-hybridized carbons (Fsp3) is 0.273. The lowest BCUT2D eigenvalue weighted by molar-refractivity contribution is -0.139. The lowest BCUT2D eigenvalue weighted by atomic mass is 9.77. The molecule has 0 spiro atoms. The van der Waals surface area contributed by atoms with Crippen molar-refractivity contribution in [3.8, 4) is 0 Å². The number of rotatable bonds is 4. The Labute approximate surface area is 92.5 Å². The number of hydrogen-bond acceptors (Lipinski definition) is 3. The van der Waals surface area contributed by atoms with Crippen LogP contribution < -0.4 is 11.2 Å². The molecule has 1 aromatic carbocycles. The van der Waals surface area contributed by atoms with Crippen LogP contribution in [0.1, 0.15) is 17.0 Å². The summed E-state index contributed by atoms with van der Waals surface area (Å²) in [5.74, 6) is -1.03. The van der Waals surface area contributed by atoms with Gasteiger partial charge >= 0.3 is 0 Å². The summed E-state index contributed by atoms with van der Waals surface area (Å²) in [5.41, 5.74) is 9.27. The lowest BCUT2D eigenvalue weighted by Gasteiger charge is -2.28. The van der Waals surface area contributed by atoms with Gasteiger partial charge in [-0.25, -0.2) is 5.48 Å². The minimum atomic E-state index is -0.616. The summed E-state index contributed by atoms with van der Waals surface area (Å²) in [6.45, 7) is -0.305. The molecule has 1 aromatic rings. The van der Waals surface area contributed by atoms with Gasteiger partial charge in [0.15, 0.2) is 6.61 Å². The summed E-state index contributed by atoms with van der Waals surface area (Å²) in [7, 11) is 0. The van der Waals surface area contributed by atoms with Crippen molar-refractivity contribution >= 4 is 11.8 Å². The molecule has 2 rings (SSSR count). The molecule has 1 atom stereocenters. The van der Waals surface area contributed by atoms with Crippen molar-refractivity contribution in [1.29, 1.82) is 0 Å². The van der Waals surface area contributed by atoms with Crippen molar-refractivity contribution in [2.75, 3.05) is 6.61 Å². The molecule has 0 heterocycles. The third kappa shape index (κ3) is 2.04. The van der Waals surface area contributed by atoms with Crippen LogP contribution in [0.25, 0.3) is 0 Å². The predicted octanol–water partition coefficient (Wildman–Crippen LogP) is -0.141. The zero-order valence-corrected chi connectivity index (χ0v) is 8.60. The highest BCUT2D eigenvalue weighted by Gasteiger charge is 2.31. The van der Waals surface area contributed by atoms with E-state index in [-0.39, 0.29) is 18.4 Å². The first-order chi connectivity index (χ1) is 7.68. The number of carbonyl (C=O) groups excluding carboxylic acids is 2. The summed E-state index contributed by atoms with van der Waals surface area (Å²) in [6.07, 6.45) is 0.710. The van der Waals surface area contributed by atoms with Crippen LogP contribution in [-0.2, 0) is 20.8 Å². The molecule has 2 amide bonds. The van der Waals surface area contributed by atoms with Crippen molar-refractivity contribution in [3.63, 3.8) is 0 Å². The standard InChI is InChI=1S/C11H12N2O3/c12-10(14)6-16-13-11(15)9-5-7-3-1-2-4-8(7)9/h1-4,9H,5-6H2,(H2,12,14)(H,13,15). The highest BCUT2D eigenvalue weighted by Crippen LogP contribution is 2.34. The average molecular weight is 220 g/mol. The molecule has 1 aliphatic carbocycles. The molecule has 5 heteroatoms. The second kappa shape index (κ2) is 4.32. The smallest absolute Gasteiger partial charge is 0.251 e.